The highest BCUT2D eigenvalue weighted by Crippen LogP contribution is 2.09. The quantitative estimate of drug-likeness (QED) is 0.666. The van der Waals surface area contributed by atoms with E-state index in [1.54, 1.807) is 19.1 Å². The molecule has 2 rings (SSSR count). The molecule has 0 aromatic heterocycles. The van der Waals surface area contributed by atoms with Crippen LogP contribution < -0.4 is 5.43 Å². The molecular formula is C15H13FN2O2. The van der Waals surface area contributed by atoms with Crippen molar-refractivity contribution in [3.63, 3.8) is 0 Å². The summed E-state index contributed by atoms with van der Waals surface area (Å²) in [5, 5.41) is 13.1. The van der Waals surface area contributed by atoms with E-state index in [1.165, 1.54) is 36.4 Å². The molecule has 0 saturated heterocycles. The molecule has 0 spiro atoms. The number of hydrogen-bond donors (Lipinski definition) is 2. The molecule has 2 N–H and O–H groups in total. The van der Waals surface area contributed by atoms with Crippen molar-refractivity contribution in [1.29, 1.82) is 0 Å². The summed E-state index contributed by atoms with van der Waals surface area (Å²) in [6.45, 7) is 1.71. The third-order valence-electron chi connectivity index (χ3n) is 2.72. The number of nitrogens with zero attached hydrogens (tertiary/aromatic N) is 1. The van der Waals surface area contributed by atoms with Crippen LogP contribution >= 0.6 is 0 Å². The van der Waals surface area contributed by atoms with Gasteiger partial charge in [-0.3, -0.25) is 4.79 Å². The molecular weight excluding hydrogens is 259 g/mol. The predicted octanol–water partition coefficient (Wildman–Crippen LogP) is 2.69. The third-order valence-corrected chi connectivity index (χ3v) is 2.72. The molecule has 0 radical (unpaired) electrons. The van der Waals surface area contributed by atoms with Crippen molar-refractivity contribution in [2.24, 2.45) is 5.10 Å². The average molecular weight is 272 g/mol. The Morgan fingerprint density at radius 3 is 2.20 bits per heavy atom. The number of benzene rings is 2. The van der Waals surface area contributed by atoms with Crippen molar-refractivity contribution in [2.45, 2.75) is 6.92 Å². The summed E-state index contributed by atoms with van der Waals surface area (Å²) in [6.07, 6.45) is 0. The Morgan fingerprint density at radius 1 is 1.05 bits per heavy atom. The number of amides is 1. The third kappa shape index (κ3) is 3.41. The first-order valence-electron chi connectivity index (χ1n) is 5.96. The average Bonchev–Trinajstić information content (AvgIpc) is 2.46. The number of rotatable bonds is 3. The molecule has 0 aliphatic heterocycles. The van der Waals surface area contributed by atoms with Gasteiger partial charge in [-0.05, 0) is 48.9 Å². The highest BCUT2D eigenvalue weighted by Gasteiger charge is 2.04. The van der Waals surface area contributed by atoms with E-state index < -0.39 is 0 Å². The van der Waals surface area contributed by atoms with Gasteiger partial charge in [-0.25, -0.2) is 9.82 Å². The van der Waals surface area contributed by atoms with Gasteiger partial charge in [0.15, 0.2) is 0 Å². The van der Waals surface area contributed by atoms with Gasteiger partial charge >= 0.3 is 0 Å². The molecule has 0 aliphatic rings. The molecule has 2 aromatic carbocycles. The van der Waals surface area contributed by atoms with Crippen molar-refractivity contribution in [3.05, 3.63) is 65.5 Å². The lowest BCUT2D eigenvalue weighted by Gasteiger charge is -2.03. The smallest absolute Gasteiger partial charge is 0.271 e. The van der Waals surface area contributed by atoms with Gasteiger partial charge in [-0.1, -0.05) is 12.1 Å². The van der Waals surface area contributed by atoms with Crippen LogP contribution in [0.25, 0.3) is 0 Å². The van der Waals surface area contributed by atoms with Gasteiger partial charge in [0.05, 0.1) is 5.71 Å². The van der Waals surface area contributed by atoms with Crippen LogP contribution in [0.1, 0.15) is 22.8 Å². The fourth-order valence-corrected chi connectivity index (χ4v) is 1.57. The molecule has 0 heterocycles. The Kier molecular flexibility index (Phi) is 4.10. The molecule has 0 aliphatic carbocycles. The molecule has 4 nitrogen and oxygen atoms in total. The maximum atomic E-state index is 12.8. The van der Waals surface area contributed by atoms with E-state index in [9.17, 15) is 9.18 Å². The maximum Gasteiger partial charge on any atom is 0.271 e. The van der Waals surface area contributed by atoms with Gasteiger partial charge in [0.1, 0.15) is 11.6 Å². The zero-order chi connectivity index (χ0) is 14.5. The largest absolute Gasteiger partial charge is 0.508 e. The molecule has 0 saturated carbocycles. The summed E-state index contributed by atoms with van der Waals surface area (Å²) in [4.78, 5) is 11.8. The second-order valence-electron chi connectivity index (χ2n) is 4.19. The lowest BCUT2D eigenvalue weighted by atomic mass is 10.1. The van der Waals surface area contributed by atoms with Crippen molar-refractivity contribution < 1.29 is 14.3 Å². The summed E-state index contributed by atoms with van der Waals surface area (Å²) in [6, 6.07) is 11.7. The number of carbonyl (C=O) groups excluding carboxylic acids is 1. The van der Waals surface area contributed by atoms with Crippen LogP contribution in [0.15, 0.2) is 53.6 Å². The Morgan fingerprint density at radius 2 is 1.60 bits per heavy atom. The number of phenols is 1. The van der Waals surface area contributed by atoms with Crippen LogP contribution in [0, 0.1) is 5.82 Å². The van der Waals surface area contributed by atoms with Gasteiger partial charge < -0.3 is 5.11 Å². The zero-order valence-electron chi connectivity index (χ0n) is 10.8. The molecule has 0 bridgehead atoms. The van der Waals surface area contributed by atoms with E-state index in [0.717, 1.165) is 5.56 Å². The van der Waals surface area contributed by atoms with Crippen molar-refractivity contribution in [3.8, 4) is 5.75 Å². The van der Waals surface area contributed by atoms with Gasteiger partial charge in [0.2, 0.25) is 0 Å². The SMILES string of the molecule is C/C(=N\NC(=O)c1ccc(O)cc1)c1ccc(F)cc1. The van der Waals surface area contributed by atoms with Crippen LogP contribution in [-0.2, 0) is 0 Å². The normalized spacial score (nSPS) is 11.2. The minimum absolute atomic E-state index is 0.0903. The Labute approximate surface area is 115 Å². The molecule has 0 fully saturated rings. The Bertz CT molecular complexity index is 634. The number of aromatic hydroxyl groups is 1. The molecule has 0 unspecified atom stereocenters. The molecule has 0 atom stereocenters. The monoisotopic (exact) mass is 272 g/mol. The standard InChI is InChI=1S/C15H13FN2O2/c1-10(11-2-6-13(16)7-3-11)17-18-15(20)12-4-8-14(19)9-5-12/h2-9,19H,1H3,(H,18,20)/b17-10+. The van der Waals surface area contributed by atoms with Gasteiger partial charge in [-0.15, -0.1) is 0 Å². The van der Waals surface area contributed by atoms with E-state index >= 15 is 0 Å². The summed E-state index contributed by atoms with van der Waals surface area (Å²) in [5.74, 6) is -0.617. The van der Waals surface area contributed by atoms with E-state index in [2.05, 4.69) is 10.5 Å². The lowest BCUT2D eigenvalue weighted by Crippen LogP contribution is -2.19. The number of hydrogen-bond acceptors (Lipinski definition) is 3. The highest BCUT2D eigenvalue weighted by molar-refractivity contribution is 6.00. The number of halogens is 1. The molecule has 5 heteroatoms. The first kappa shape index (κ1) is 13.7. The molecule has 1 amide bonds. The van der Waals surface area contributed by atoms with Crippen LogP contribution in [0.3, 0.4) is 0 Å². The predicted molar refractivity (Wildman–Crippen MR) is 74.2 cm³/mol. The summed E-state index contributed by atoms with van der Waals surface area (Å²) < 4.78 is 12.8. The minimum atomic E-state index is -0.383. The zero-order valence-corrected chi connectivity index (χ0v) is 10.8. The summed E-state index contributed by atoms with van der Waals surface area (Å²) >= 11 is 0. The number of hydrazone groups is 1. The van der Waals surface area contributed by atoms with Gasteiger partial charge in [-0.2, -0.15) is 5.10 Å². The Balaban J connectivity index is 2.06. The fourth-order valence-electron chi connectivity index (χ4n) is 1.57. The van der Waals surface area contributed by atoms with Crippen LogP contribution in [0.5, 0.6) is 5.75 Å². The first-order valence-corrected chi connectivity index (χ1v) is 5.96. The van der Waals surface area contributed by atoms with Crippen molar-refractivity contribution in [2.75, 3.05) is 0 Å². The second-order valence-corrected chi connectivity index (χ2v) is 4.19. The molecule has 102 valence electrons. The van der Waals surface area contributed by atoms with Gasteiger partial charge in [0, 0.05) is 5.56 Å². The van der Waals surface area contributed by atoms with E-state index in [1.807, 2.05) is 0 Å². The summed E-state index contributed by atoms with van der Waals surface area (Å²) in [7, 11) is 0. The number of carbonyl (C=O) groups is 1. The van der Waals surface area contributed by atoms with Crippen molar-refractivity contribution in [1.82, 2.24) is 5.43 Å². The fraction of sp³-hybridized carbons (Fsp3) is 0.0667. The van der Waals surface area contributed by atoms with Crippen LogP contribution in [-0.4, -0.2) is 16.7 Å². The minimum Gasteiger partial charge on any atom is -0.508 e. The summed E-state index contributed by atoms with van der Waals surface area (Å²) in [5.41, 5.74) is 4.08. The van der Waals surface area contributed by atoms with E-state index in [0.29, 0.717) is 11.3 Å². The topological polar surface area (TPSA) is 61.7 Å². The van der Waals surface area contributed by atoms with E-state index in [4.69, 9.17) is 5.11 Å². The molecule has 2 aromatic rings. The number of nitrogens with one attached hydrogen (secondary N) is 1. The highest BCUT2D eigenvalue weighted by atomic mass is 19.1. The molecule has 20 heavy (non-hydrogen) atoms. The number of phenolic OH excluding ortho intramolecular Hbond substituents is 1. The Hall–Kier alpha value is -2.69. The van der Waals surface area contributed by atoms with Crippen molar-refractivity contribution >= 4 is 11.6 Å². The first-order chi connectivity index (χ1) is 9.56. The lowest BCUT2D eigenvalue weighted by molar-refractivity contribution is 0.0955. The second kappa shape index (κ2) is 5.97. The van der Waals surface area contributed by atoms with Gasteiger partial charge in [0.25, 0.3) is 5.91 Å². The van der Waals surface area contributed by atoms with E-state index in [-0.39, 0.29) is 17.5 Å². The maximum absolute atomic E-state index is 12.8. The van der Waals surface area contributed by atoms with Crippen LogP contribution in [0.2, 0.25) is 0 Å². The van der Waals surface area contributed by atoms with Crippen LogP contribution in [0.4, 0.5) is 4.39 Å².